The van der Waals surface area contributed by atoms with Gasteiger partial charge in [0.1, 0.15) is 5.82 Å². The molecule has 0 aliphatic carbocycles. The second-order valence-corrected chi connectivity index (χ2v) is 9.59. The number of hydrogen-bond donors (Lipinski definition) is 1. The number of nitrogens with one attached hydrogen (secondary N) is 1. The lowest BCUT2D eigenvalue weighted by atomic mass is 10.2. The summed E-state index contributed by atoms with van der Waals surface area (Å²) in [5.74, 6) is 0.189. The van der Waals surface area contributed by atoms with Gasteiger partial charge in [-0.15, -0.1) is 0 Å². The molecule has 3 aromatic rings. The summed E-state index contributed by atoms with van der Waals surface area (Å²) in [6, 6.07) is 16.8. The number of nitrogens with zero attached hydrogens (tertiary/aromatic N) is 1. The highest BCUT2D eigenvalue weighted by atomic mass is 32.2. The molecule has 33 heavy (non-hydrogen) atoms. The van der Waals surface area contributed by atoms with Gasteiger partial charge in [0.25, 0.3) is 5.91 Å². The second-order valence-electron chi connectivity index (χ2n) is 7.55. The molecule has 172 valence electrons. The van der Waals surface area contributed by atoms with Crippen LogP contribution in [0, 0.1) is 5.82 Å². The van der Waals surface area contributed by atoms with Gasteiger partial charge in [-0.1, -0.05) is 24.3 Å². The van der Waals surface area contributed by atoms with Gasteiger partial charge in [0.2, 0.25) is 10.0 Å². The van der Waals surface area contributed by atoms with Gasteiger partial charge in [0.05, 0.1) is 18.1 Å². The van der Waals surface area contributed by atoms with Gasteiger partial charge in [-0.3, -0.25) is 4.79 Å². The average Bonchev–Trinajstić information content (AvgIpc) is 3.05. The van der Waals surface area contributed by atoms with E-state index in [1.54, 1.807) is 30.3 Å². The quantitative estimate of drug-likeness (QED) is 0.587. The minimum Gasteiger partial charge on any atom is -0.490 e. The van der Waals surface area contributed by atoms with Crippen molar-refractivity contribution >= 4 is 21.6 Å². The van der Waals surface area contributed by atoms with E-state index in [-0.39, 0.29) is 22.6 Å². The number of ether oxygens (including phenoxy) is 2. The first kappa shape index (κ1) is 22.8. The smallest absolute Gasteiger partial charge is 0.255 e. The number of anilines is 1. The molecule has 1 heterocycles. The summed E-state index contributed by atoms with van der Waals surface area (Å²) in [7, 11) is -2.58. The maximum atomic E-state index is 14.0. The standard InChI is InChI=1S/C24H23FN2O5S/c1-27(16-18-6-2-3-9-21(18)25)33(29,30)20-8-4-7-17(14-20)24(28)26-19-10-11-22-23(15-19)32-13-5-12-31-22/h2-4,6-11,14-15H,5,12-13,16H2,1H3,(H,26,28). The first-order valence-electron chi connectivity index (χ1n) is 10.4. The van der Waals surface area contributed by atoms with Crippen LogP contribution in [0.2, 0.25) is 0 Å². The molecule has 9 heteroatoms. The average molecular weight is 471 g/mol. The molecule has 0 saturated heterocycles. The van der Waals surface area contributed by atoms with E-state index in [2.05, 4.69) is 5.32 Å². The Morgan fingerprint density at radius 2 is 1.76 bits per heavy atom. The summed E-state index contributed by atoms with van der Waals surface area (Å²) < 4.78 is 52.3. The maximum Gasteiger partial charge on any atom is 0.255 e. The number of sulfonamides is 1. The number of carbonyl (C=O) groups is 1. The predicted molar refractivity (Wildman–Crippen MR) is 121 cm³/mol. The molecule has 0 bridgehead atoms. The first-order chi connectivity index (χ1) is 15.8. The molecule has 0 radical (unpaired) electrons. The Morgan fingerprint density at radius 3 is 2.55 bits per heavy atom. The molecular weight excluding hydrogens is 447 g/mol. The fraction of sp³-hybridized carbons (Fsp3) is 0.208. The number of amides is 1. The highest BCUT2D eigenvalue weighted by Crippen LogP contribution is 2.32. The molecule has 1 aliphatic heterocycles. The molecule has 0 spiro atoms. The van der Waals surface area contributed by atoms with Crippen molar-refractivity contribution in [2.24, 2.45) is 0 Å². The summed E-state index contributed by atoms with van der Waals surface area (Å²) >= 11 is 0. The summed E-state index contributed by atoms with van der Waals surface area (Å²) in [4.78, 5) is 12.7. The zero-order valence-electron chi connectivity index (χ0n) is 18.0. The van der Waals surface area contributed by atoms with Gasteiger partial charge in [0, 0.05) is 42.9 Å². The first-order valence-corrected chi connectivity index (χ1v) is 11.8. The summed E-state index contributed by atoms with van der Waals surface area (Å²) in [5, 5.41) is 2.75. The minimum atomic E-state index is -3.95. The lowest BCUT2D eigenvalue weighted by molar-refractivity contribution is 0.102. The van der Waals surface area contributed by atoms with Crippen LogP contribution in [0.15, 0.2) is 71.6 Å². The normalized spacial score (nSPS) is 13.4. The van der Waals surface area contributed by atoms with Gasteiger partial charge in [-0.05, 0) is 36.4 Å². The van der Waals surface area contributed by atoms with Crippen molar-refractivity contribution in [3.63, 3.8) is 0 Å². The zero-order valence-corrected chi connectivity index (χ0v) is 18.8. The van der Waals surface area contributed by atoms with Gasteiger partial charge in [-0.2, -0.15) is 4.31 Å². The van der Waals surface area contributed by atoms with E-state index in [1.165, 1.54) is 43.4 Å². The van der Waals surface area contributed by atoms with Crippen LogP contribution >= 0.6 is 0 Å². The van der Waals surface area contributed by atoms with Crippen LogP contribution in [-0.4, -0.2) is 38.9 Å². The number of fused-ring (bicyclic) bond motifs is 1. The summed E-state index contributed by atoms with van der Waals surface area (Å²) in [6.45, 7) is 0.943. The van der Waals surface area contributed by atoms with E-state index in [9.17, 15) is 17.6 Å². The van der Waals surface area contributed by atoms with E-state index < -0.39 is 21.7 Å². The largest absolute Gasteiger partial charge is 0.490 e. The molecule has 7 nitrogen and oxygen atoms in total. The van der Waals surface area contributed by atoms with E-state index in [0.717, 1.165) is 10.7 Å². The molecule has 0 aromatic heterocycles. The third-order valence-electron chi connectivity index (χ3n) is 5.16. The van der Waals surface area contributed by atoms with E-state index >= 15 is 0 Å². The van der Waals surface area contributed by atoms with E-state index in [4.69, 9.17) is 9.47 Å². The molecule has 1 amide bonds. The van der Waals surface area contributed by atoms with Crippen LogP contribution in [-0.2, 0) is 16.6 Å². The van der Waals surface area contributed by atoms with Crippen LogP contribution in [0.3, 0.4) is 0 Å². The lowest BCUT2D eigenvalue weighted by Gasteiger charge is -2.18. The number of rotatable bonds is 6. The monoisotopic (exact) mass is 470 g/mol. The second kappa shape index (κ2) is 9.60. The Morgan fingerprint density at radius 1 is 1.00 bits per heavy atom. The highest BCUT2D eigenvalue weighted by molar-refractivity contribution is 7.89. The van der Waals surface area contributed by atoms with Gasteiger partial charge in [-0.25, -0.2) is 12.8 Å². The molecular formula is C24H23FN2O5S. The van der Waals surface area contributed by atoms with Crippen LogP contribution in [0.4, 0.5) is 10.1 Å². The Labute approximate surface area is 191 Å². The van der Waals surface area contributed by atoms with Crippen molar-refractivity contribution < 1.29 is 27.1 Å². The Balaban J connectivity index is 1.51. The summed E-state index contributed by atoms with van der Waals surface area (Å²) in [5.41, 5.74) is 0.920. The topological polar surface area (TPSA) is 84.9 Å². The fourth-order valence-electron chi connectivity index (χ4n) is 3.37. The van der Waals surface area contributed by atoms with E-state index in [1.807, 2.05) is 0 Å². The van der Waals surface area contributed by atoms with Crippen molar-refractivity contribution in [1.82, 2.24) is 4.31 Å². The molecule has 3 aromatic carbocycles. The van der Waals surface area contributed by atoms with Gasteiger partial charge >= 0.3 is 0 Å². The molecule has 0 atom stereocenters. The summed E-state index contributed by atoms with van der Waals surface area (Å²) in [6.07, 6.45) is 0.767. The van der Waals surface area contributed by atoms with Crippen LogP contribution < -0.4 is 14.8 Å². The van der Waals surface area contributed by atoms with Crippen molar-refractivity contribution in [3.05, 3.63) is 83.7 Å². The highest BCUT2D eigenvalue weighted by Gasteiger charge is 2.23. The Bertz CT molecular complexity index is 1280. The number of carbonyl (C=O) groups excluding carboxylic acids is 1. The predicted octanol–water partition coefficient (Wildman–Crippen LogP) is 4.06. The molecule has 0 fully saturated rings. The Hall–Kier alpha value is -3.43. The lowest BCUT2D eigenvalue weighted by Crippen LogP contribution is -2.27. The number of benzene rings is 3. The maximum absolute atomic E-state index is 14.0. The molecule has 0 saturated carbocycles. The van der Waals surface area contributed by atoms with Crippen LogP contribution in [0.25, 0.3) is 0 Å². The fourth-order valence-corrected chi connectivity index (χ4v) is 4.57. The van der Waals surface area contributed by atoms with Gasteiger partial charge in [0.15, 0.2) is 11.5 Å². The molecule has 0 unspecified atom stereocenters. The van der Waals surface area contributed by atoms with Crippen molar-refractivity contribution in [1.29, 1.82) is 0 Å². The van der Waals surface area contributed by atoms with E-state index in [0.29, 0.717) is 30.4 Å². The van der Waals surface area contributed by atoms with Gasteiger partial charge < -0.3 is 14.8 Å². The van der Waals surface area contributed by atoms with Crippen molar-refractivity contribution in [3.8, 4) is 11.5 Å². The number of halogens is 1. The third-order valence-corrected chi connectivity index (χ3v) is 6.96. The van der Waals surface area contributed by atoms with Crippen molar-refractivity contribution in [2.75, 3.05) is 25.6 Å². The minimum absolute atomic E-state index is 0.0624. The third kappa shape index (κ3) is 5.15. The molecule has 1 N–H and O–H groups in total. The Kier molecular flexibility index (Phi) is 6.62. The SMILES string of the molecule is CN(Cc1ccccc1F)S(=O)(=O)c1cccc(C(=O)Nc2ccc3c(c2)OCCCO3)c1. The molecule has 1 aliphatic rings. The number of hydrogen-bond acceptors (Lipinski definition) is 5. The molecule has 4 rings (SSSR count). The van der Waals surface area contributed by atoms with Crippen LogP contribution in [0.5, 0.6) is 11.5 Å². The van der Waals surface area contributed by atoms with Crippen molar-refractivity contribution in [2.45, 2.75) is 17.9 Å². The zero-order chi connectivity index (χ0) is 23.4. The van der Waals surface area contributed by atoms with Crippen LogP contribution in [0.1, 0.15) is 22.3 Å².